The summed E-state index contributed by atoms with van der Waals surface area (Å²) in [7, 11) is 0. The minimum Gasteiger partial charge on any atom is -0.508 e. The Morgan fingerprint density at radius 1 is 1.38 bits per heavy atom. The van der Waals surface area contributed by atoms with Crippen LogP contribution in [0, 0.1) is 0 Å². The molecule has 0 fully saturated rings. The van der Waals surface area contributed by atoms with Crippen molar-refractivity contribution in [2.75, 3.05) is 0 Å². The van der Waals surface area contributed by atoms with Gasteiger partial charge in [-0.3, -0.25) is 4.79 Å². The van der Waals surface area contributed by atoms with E-state index in [4.69, 9.17) is 4.42 Å². The zero-order valence-electron chi connectivity index (χ0n) is 6.45. The largest absolute Gasteiger partial charge is 0.508 e. The molecule has 1 N–H and O–H groups in total. The van der Waals surface area contributed by atoms with Crippen molar-refractivity contribution < 1.29 is 9.52 Å². The minimum atomic E-state index is -0.169. The quantitative estimate of drug-likeness (QED) is 0.769. The summed E-state index contributed by atoms with van der Waals surface area (Å²) in [6.45, 7) is 0. The average molecular weight is 241 g/mol. The average Bonchev–Trinajstić information content (AvgIpc) is 2.07. The summed E-state index contributed by atoms with van der Waals surface area (Å²) in [4.78, 5) is 11.3. The molecule has 0 unspecified atom stereocenters. The van der Waals surface area contributed by atoms with Gasteiger partial charge in [-0.1, -0.05) is 0 Å². The van der Waals surface area contributed by atoms with Crippen molar-refractivity contribution in [1.82, 2.24) is 0 Å². The summed E-state index contributed by atoms with van der Waals surface area (Å²) >= 11 is 3.19. The van der Waals surface area contributed by atoms with E-state index in [0.717, 1.165) is 0 Å². The molecule has 0 aliphatic heterocycles. The lowest BCUT2D eigenvalue weighted by Gasteiger charge is -1.98. The molecular weight excluding hydrogens is 236 g/mol. The summed E-state index contributed by atoms with van der Waals surface area (Å²) in [6.07, 6.45) is 1.33. The fourth-order valence-corrected chi connectivity index (χ4v) is 1.68. The van der Waals surface area contributed by atoms with Gasteiger partial charge < -0.3 is 9.52 Å². The van der Waals surface area contributed by atoms with Crippen LogP contribution in [0.1, 0.15) is 0 Å². The second-order valence-corrected chi connectivity index (χ2v) is 3.44. The van der Waals surface area contributed by atoms with Crippen LogP contribution in [0.15, 0.2) is 38.1 Å². The van der Waals surface area contributed by atoms with Crippen molar-refractivity contribution in [3.05, 3.63) is 39.2 Å². The molecule has 0 aliphatic carbocycles. The van der Waals surface area contributed by atoms with Crippen LogP contribution in [0.2, 0.25) is 0 Å². The van der Waals surface area contributed by atoms with E-state index in [1.807, 2.05) is 0 Å². The van der Waals surface area contributed by atoms with Crippen LogP contribution in [0.3, 0.4) is 0 Å². The maximum atomic E-state index is 11.3. The molecule has 1 heterocycles. The van der Waals surface area contributed by atoms with E-state index in [2.05, 4.69) is 15.9 Å². The van der Waals surface area contributed by atoms with Gasteiger partial charge >= 0.3 is 0 Å². The van der Waals surface area contributed by atoms with Gasteiger partial charge in [-0.15, -0.1) is 0 Å². The predicted molar refractivity (Wildman–Crippen MR) is 51.8 cm³/mol. The van der Waals surface area contributed by atoms with Gasteiger partial charge in [0.15, 0.2) is 11.0 Å². The van der Waals surface area contributed by atoms with Gasteiger partial charge in [0.05, 0.1) is 16.1 Å². The van der Waals surface area contributed by atoms with Crippen molar-refractivity contribution in [1.29, 1.82) is 0 Å². The molecule has 1 aromatic heterocycles. The van der Waals surface area contributed by atoms with Crippen molar-refractivity contribution in [2.45, 2.75) is 0 Å². The molecule has 66 valence electrons. The molecule has 0 bridgehead atoms. The SMILES string of the molecule is O=c1ccoc2c(Br)cc(O)cc12. The topological polar surface area (TPSA) is 50.4 Å². The Labute approximate surface area is 81.7 Å². The molecule has 0 spiro atoms. The Hall–Kier alpha value is -1.29. The number of phenols is 1. The van der Waals surface area contributed by atoms with Gasteiger partial charge in [0.1, 0.15) is 5.75 Å². The lowest BCUT2D eigenvalue weighted by Crippen LogP contribution is -1.97. The van der Waals surface area contributed by atoms with Crippen LogP contribution in [0.4, 0.5) is 0 Å². The minimum absolute atomic E-state index is 0.0397. The van der Waals surface area contributed by atoms with E-state index in [1.165, 1.54) is 24.5 Å². The normalized spacial score (nSPS) is 10.5. The van der Waals surface area contributed by atoms with Gasteiger partial charge in [0, 0.05) is 6.07 Å². The highest BCUT2D eigenvalue weighted by Crippen LogP contribution is 2.26. The molecule has 0 saturated heterocycles. The third kappa shape index (κ3) is 1.33. The molecule has 0 atom stereocenters. The van der Waals surface area contributed by atoms with E-state index in [9.17, 15) is 9.90 Å². The van der Waals surface area contributed by atoms with Crippen molar-refractivity contribution >= 4 is 26.9 Å². The van der Waals surface area contributed by atoms with E-state index in [-0.39, 0.29) is 11.2 Å². The van der Waals surface area contributed by atoms with Crippen LogP contribution in [-0.4, -0.2) is 5.11 Å². The summed E-state index contributed by atoms with van der Waals surface area (Å²) in [5.41, 5.74) is 0.281. The van der Waals surface area contributed by atoms with E-state index in [1.54, 1.807) is 0 Å². The van der Waals surface area contributed by atoms with E-state index in [0.29, 0.717) is 15.4 Å². The molecule has 0 radical (unpaired) electrons. The van der Waals surface area contributed by atoms with Crippen LogP contribution >= 0.6 is 15.9 Å². The maximum Gasteiger partial charge on any atom is 0.192 e. The summed E-state index contributed by atoms with van der Waals surface area (Å²) < 4.78 is 5.69. The van der Waals surface area contributed by atoms with Crippen LogP contribution in [-0.2, 0) is 0 Å². The first-order chi connectivity index (χ1) is 6.18. The van der Waals surface area contributed by atoms with Crippen LogP contribution in [0.5, 0.6) is 5.75 Å². The number of hydrogen-bond acceptors (Lipinski definition) is 3. The van der Waals surface area contributed by atoms with Crippen LogP contribution < -0.4 is 5.43 Å². The molecule has 2 rings (SSSR count). The molecule has 0 saturated carbocycles. The number of hydrogen-bond donors (Lipinski definition) is 1. The van der Waals surface area contributed by atoms with Crippen molar-refractivity contribution in [2.24, 2.45) is 0 Å². The summed E-state index contributed by atoms with van der Waals surface area (Å²) in [6, 6.07) is 4.17. The highest BCUT2D eigenvalue weighted by Gasteiger charge is 2.05. The number of fused-ring (bicyclic) bond motifs is 1. The van der Waals surface area contributed by atoms with E-state index < -0.39 is 0 Å². The second-order valence-electron chi connectivity index (χ2n) is 2.59. The summed E-state index contributed by atoms with van der Waals surface area (Å²) in [5.74, 6) is 0.0397. The third-order valence-corrected chi connectivity index (χ3v) is 2.29. The fraction of sp³-hybridized carbons (Fsp3) is 0. The Morgan fingerprint density at radius 2 is 2.15 bits per heavy atom. The van der Waals surface area contributed by atoms with Gasteiger partial charge in [0.2, 0.25) is 0 Å². The van der Waals surface area contributed by atoms with Gasteiger partial charge in [-0.05, 0) is 28.1 Å². The smallest absolute Gasteiger partial charge is 0.192 e. The number of phenolic OH excluding ortho intramolecular Hbond substituents is 1. The second kappa shape index (κ2) is 2.88. The molecule has 0 amide bonds. The first kappa shape index (κ1) is 8.31. The van der Waals surface area contributed by atoms with Gasteiger partial charge in [0.25, 0.3) is 0 Å². The number of benzene rings is 1. The zero-order valence-corrected chi connectivity index (χ0v) is 8.04. The highest BCUT2D eigenvalue weighted by molar-refractivity contribution is 9.10. The molecule has 1 aromatic carbocycles. The monoisotopic (exact) mass is 240 g/mol. The lowest BCUT2D eigenvalue weighted by atomic mass is 10.2. The first-order valence-corrected chi connectivity index (χ1v) is 4.38. The molecule has 2 aromatic rings. The van der Waals surface area contributed by atoms with Crippen molar-refractivity contribution in [3.8, 4) is 5.75 Å². The van der Waals surface area contributed by atoms with E-state index >= 15 is 0 Å². The number of aromatic hydroxyl groups is 1. The highest BCUT2D eigenvalue weighted by atomic mass is 79.9. The first-order valence-electron chi connectivity index (χ1n) is 3.58. The maximum absolute atomic E-state index is 11.3. The Morgan fingerprint density at radius 3 is 2.92 bits per heavy atom. The number of halogens is 1. The molecular formula is C9H5BrO3. The van der Waals surface area contributed by atoms with Crippen molar-refractivity contribution in [3.63, 3.8) is 0 Å². The molecule has 4 heteroatoms. The standard InChI is InChI=1S/C9H5BrO3/c10-7-4-5(11)3-6-8(12)1-2-13-9(6)7/h1-4,11H. The van der Waals surface area contributed by atoms with Gasteiger partial charge in [-0.25, -0.2) is 0 Å². The van der Waals surface area contributed by atoms with Crippen LogP contribution in [0.25, 0.3) is 11.0 Å². The molecule has 3 nitrogen and oxygen atoms in total. The lowest BCUT2D eigenvalue weighted by molar-refractivity contribution is 0.475. The molecule has 0 aliphatic rings. The molecule has 13 heavy (non-hydrogen) atoms. The van der Waals surface area contributed by atoms with Gasteiger partial charge in [-0.2, -0.15) is 0 Å². The number of rotatable bonds is 0. The predicted octanol–water partition coefficient (Wildman–Crippen LogP) is 2.26. The third-order valence-electron chi connectivity index (χ3n) is 1.70. The fourth-order valence-electron chi connectivity index (χ4n) is 1.14. The Bertz CT molecular complexity index is 516. The zero-order chi connectivity index (χ0) is 9.42. The summed E-state index contributed by atoms with van der Waals surface area (Å²) in [5, 5.41) is 9.59. The Balaban J connectivity index is 3.03. The Kier molecular flexibility index (Phi) is 1.84.